The Morgan fingerprint density at radius 3 is 2.67 bits per heavy atom. The number of hydrogen-bond acceptors (Lipinski definition) is 4. The van der Waals surface area contributed by atoms with Crippen LogP contribution in [0.1, 0.15) is 50.7 Å². The van der Waals surface area contributed by atoms with Crippen LogP contribution in [0.25, 0.3) is 6.08 Å². The van der Waals surface area contributed by atoms with Gasteiger partial charge in [0.15, 0.2) is 0 Å². The molecule has 1 aromatic rings. The predicted molar refractivity (Wildman–Crippen MR) is 96.5 cm³/mol. The van der Waals surface area contributed by atoms with Crippen molar-refractivity contribution in [2.75, 3.05) is 18.0 Å². The molecule has 0 aromatic carbocycles. The molecule has 2 aliphatic rings. The third-order valence-electron chi connectivity index (χ3n) is 4.67. The maximum atomic E-state index is 12.3. The van der Waals surface area contributed by atoms with Crippen molar-refractivity contribution in [1.29, 1.82) is 5.26 Å². The van der Waals surface area contributed by atoms with Gasteiger partial charge in [-0.2, -0.15) is 5.26 Å². The van der Waals surface area contributed by atoms with Gasteiger partial charge in [-0.15, -0.1) is 0 Å². The normalized spacial score (nSPS) is 19.3. The van der Waals surface area contributed by atoms with E-state index in [1.165, 1.54) is 12.5 Å². The fourth-order valence-corrected chi connectivity index (χ4v) is 3.94. The van der Waals surface area contributed by atoms with Gasteiger partial charge in [0.2, 0.25) is 5.88 Å². The molecule has 1 saturated carbocycles. The van der Waals surface area contributed by atoms with E-state index in [2.05, 4.69) is 26.1 Å². The quantitative estimate of drug-likeness (QED) is 0.621. The van der Waals surface area contributed by atoms with Crippen LogP contribution in [0.2, 0.25) is 0 Å². The fourth-order valence-electron chi connectivity index (χ4n) is 3.38. The average Bonchev–Trinajstić information content (AvgIpc) is 3.22. The van der Waals surface area contributed by atoms with Crippen molar-refractivity contribution < 1.29 is 9.21 Å². The zero-order valence-electron chi connectivity index (χ0n) is 13.7. The molecule has 0 atom stereocenters. The molecule has 128 valence electrons. The maximum Gasteiger partial charge on any atom is 0.262 e. The molecule has 2 heterocycles. The van der Waals surface area contributed by atoms with Crippen molar-refractivity contribution in [2.24, 2.45) is 0 Å². The Kier molecular flexibility index (Phi) is 5.62. The lowest BCUT2D eigenvalue weighted by Gasteiger charge is -2.22. The van der Waals surface area contributed by atoms with Gasteiger partial charge in [0.1, 0.15) is 17.4 Å². The summed E-state index contributed by atoms with van der Waals surface area (Å²) in [4.78, 5) is 14.5. The highest BCUT2D eigenvalue weighted by atomic mass is 79.9. The highest BCUT2D eigenvalue weighted by Crippen LogP contribution is 2.33. The van der Waals surface area contributed by atoms with Crippen LogP contribution in [0.4, 0.5) is 5.88 Å². The number of hydrogen-bond donors (Lipinski definition) is 1. The van der Waals surface area contributed by atoms with Crippen molar-refractivity contribution in [2.45, 2.75) is 51.0 Å². The summed E-state index contributed by atoms with van der Waals surface area (Å²) in [6.07, 6.45) is 9.35. The summed E-state index contributed by atoms with van der Waals surface area (Å²) >= 11 is 3.51. The summed E-state index contributed by atoms with van der Waals surface area (Å²) in [5.41, 5.74) is 0.0924. The van der Waals surface area contributed by atoms with Crippen molar-refractivity contribution in [3.8, 4) is 6.07 Å². The number of rotatable bonds is 4. The Bertz CT molecular complexity index is 662. The number of nitriles is 1. The maximum absolute atomic E-state index is 12.3. The first-order valence-corrected chi connectivity index (χ1v) is 9.43. The Labute approximate surface area is 150 Å². The van der Waals surface area contributed by atoms with Crippen LogP contribution in [0.15, 0.2) is 20.5 Å². The van der Waals surface area contributed by atoms with Crippen molar-refractivity contribution in [3.05, 3.63) is 21.9 Å². The number of amides is 1. The first-order valence-electron chi connectivity index (χ1n) is 8.64. The Balaban J connectivity index is 1.71. The van der Waals surface area contributed by atoms with E-state index < -0.39 is 0 Å². The van der Waals surface area contributed by atoms with Gasteiger partial charge in [-0.25, -0.2) is 0 Å². The zero-order valence-corrected chi connectivity index (χ0v) is 15.3. The Hall–Kier alpha value is -1.74. The summed E-state index contributed by atoms with van der Waals surface area (Å²) in [6.45, 7) is 1.95. The van der Waals surface area contributed by atoms with Crippen LogP contribution in [0, 0.1) is 11.3 Å². The average molecular weight is 392 g/mol. The molecule has 0 unspecified atom stereocenters. The second kappa shape index (κ2) is 7.89. The third kappa shape index (κ3) is 4.02. The van der Waals surface area contributed by atoms with Gasteiger partial charge in [-0.05, 0) is 41.6 Å². The van der Waals surface area contributed by atoms with Gasteiger partial charge in [-0.1, -0.05) is 19.3 Å². The Morgan fingerprint density at radius 1 is 1.29 bits per heavy atom. The SMILES string of the molecule is N#C/C(=C/c1cc(Br)c(N2CCCC2)o1)C(=O)NC1CCCCC1. The van der Waals surface area contributed by atoms with Crippen molar-refractivity contribution >= 4 is 33.8 Å². The lowest BCUT2D eigenvalue weighted by molar-refractivity contribution is -0.117. The molecule has 5 nitrogen and oxygen atoms in total. The highest BCUT2D eigenvalue weighted by molar-refractivity contribution is 9.10. The van der Waals surface area contributed by atoms with Crippen LogP contribution < -0.4 is 10.2 Å². The molecule has 2 fully saturated rings. The van der Waals surface area contributed by atoms with Gasteiger partial charge >= 0.3 is 0 Å². The minimum absolute atomic E-state index is 0.0924. The zero-order chi connectivity index (χ0) is 16.9. The fraction of sp³-hybridized carbons (Fsp3) is 0.556. The number of carbonyl (C=O) groups is 1. The molecular formula is C18H22BrN3O2. The van der Waals surface area contributed by atoms with Crippen molar-refractivity contribution in [1.82, 2.24) is 5.32 Å². The lowest BCUT2D eigenvalue weighted by Crippen LogP contribution is -2.36. The number of carbonyl (C=O) groups excluding carboxylic acids is 1. The van der Waals surface area contributed by atoms with Crippen molar-refractivity contribution in [3.63, 3.8) is 0 Å². The van der Waals surface area contributed by atoms with Crippen LogP contribution >= 0.6 is 15.9 Å². The molecule has 1 saturated heterocycles. The first-order chi connectivity index (χ1) is 11.7. The number of halogens is 1. The molecule has 1 aliphatic heterocycles. The standard InChI is InChI=1S/C18H22BrN3O2/c19-16-11-15(24-18(16)22-8-4-5-9-22)10-13(12-20)17(23)21-14-6-2-1-3-7-14/h10-11,14H,1-9H2,(H,21,23)/b13-10-. The molecule has 24 heavy (non-hydrogen) atoms. The number of furan rings is 1. The molecular weight excluding hydrogens is 370 g/mol. The van der Waals surface area contributed by atoms with Gasteiger partial charge in [0, 0.05) is 31.3 Å². The van der Waals surface area contributed by atoms with E-state index in [0.29, 0.717) is 5.76 Å². The van der Waals surface area contributed by atoms with E-state index in [0.717, 1.165) is 62.0 Å². The molecule has 0 radical (unpaired) electrons. The third-order valence-corrected chi connectivity index (χ3v) is 5.24. The topological polar surface area (TPSA) is 69.3 Å². The first kappa shape index (κ1) is 17.1. The second-order valence-corrected chi connectivity index (χ2v) is 7.33. The monoisotopic (exact) mass is 391 g/mol. The minimum atomic E-state index is -0.306. The van der Waals surface area contributed by atoms with E-state index in [1.54, 1.807) is 0 Å². The van der Waals surface area contributed by atoms with Gasteiger partial charge in [0.05, 0.1) is 4.47 Å². The van der Waals surface area contributed by atoms with Crippen LogP contribution in [0.3, 0.4) is 0 Å². The van der Waals surface area contributed by atoms with Crippen LogP contribution in [-0.4, -0.2) is 25.0 Å². The van der Waals surface area contributed by atoms with E-state index in [1.807, 2.05) is 12.1 Å². The summed E-state index contributed by atoms with van der Waals surface area (Å²) < 4.78 is 6.70. The molecule has 3 rings (SSSR count). The second-order valence-electron chi connectivity index (χ2n) is 6.47. The van der Waals surface area contributed by atoms with Crippen LogP contribution in [-0.2, 0) is 4.79 Å². The van der Waals surface area contributed by atoms with Crippen LogP contribution in [0.5, 0.6) is 0 Å². The number of nitrogens with one attached hydrogen (secondary N) is 1. The summed E-state index contributed by atoms with van der Waals surface area (Å²) in [7, 11) is 0. The minimum Gasteiger partial charge on any atom is -0.440 e. The summed E-state index contributed by atoms with van der Waals surface area (Å²) in [5.74, 6) is 1.00. The molecule has 6 heteroatoms. The highest BCUT2D eigenvalue weighted by Gasteiger charge is 2.21. The molecule has 1 aliphatic carbocycles. The largest absolute Gasteiger partial charge is 0.440 e. The number of anilines is 1. The van der Waals surface area contributed by atoms with Gasteiger partial charge < -0.3 is 14.6 Å². The molecule has 0 bridgehead atoms. The van der Waals surface area contributed by atoms with Gasteiger partial charge in [-0.3, -0.25) is 4.79 Å². The summed E-state index contributed by atoms with van der Waals surface area (Å²) in [6, 6.07) is 4.00. The molecule has 1 aromatic heterocycles. The molecule has 1 N–H and O–H groups in total. The summed E-state index contributed by atoms with van der Waals surface area (Å²) in [5, 5.41) is 12.3. The van der Waals surface area contributed by atoms with E-state index in [4.69, 9.17) is 4.42 Å². The smallest absolute Gasteiger partial charge is 0.262 e. The Morgan fingerprint density at radius 2 is 2.00 bits per heavy atom. The lowest BCUT2D eigenvalue weighted by atomic mass is 9.95. The van der Waals surface area contributed by atoms with E-state index in [9.17, 15) is 10.1 Å². The van der Waals surface area contributed by atoms with E-state index in [-0.39, 0.29) is 17.5 Å². The van der Waals surface area contributed by atoms with Gasteiger partial charge in [0.25, 0.3) is 5.91 Å². The number of nitrogens with zero attached hydrogens (tertiary/aromatic N) is 2. The van der Waals surface area contributed by atoms with E-state index >= 15 is 0 Å². The molecule has 0 spiro atoms. The molecule has 1 amide bonds. The predicted octanol–water partition coefficient (Wildman–Crippen LogP) is 4.00.